The number of piperidine rings is 1. The molecule has 0 aliphatic carbocycles. The second-order valence-electron chi connectivity index (χ2n) is 7.39. The molecule has 0 spiro atoms. The molecule has 2 heterocycles. The van der Waals surface area contributed by atoms with E-state index in [1.54, 1.807) is 14.2 Å². The van der Waals surface area contributed by atoms with Crippen molar-refractivity contribution < 1.29 is 14.3 Å². The molecule has 0 unspecified atom stereocenters. The SMILES string of the molecule is CC[C@@H]1CCCCN1C(=O)CN1CCC[C@@H]1c1ccc(OC)c(OC)c1. The standard InChI is InChI=1S/C21H32N2O3/c1-4-17-8-5-6-13-23(17)21(24)15-22-12-7-9-18(22)16-10-11-19(25-2)20(14-16)26-3/h10-11,14,17-18H,4-9,12-13,15H2,1-3H3/t17-,18-/m1/s1. The minimum atomic E-state index is 0.281. The van der Waals surface area contributed by atoms with E-state index in [2.05, 4.69) is 28.9 Å². The molecule has 2 fully saturated rings. The molecular weight excluding hydrogens is 328 g/mol. The number of amides is 1. The van der Waals surface area contributed by atoms with Crippen LogP contribution in [-0.2, 0) is 4.79 Å². The van der Waals surface area contributed by atoms with Crippen LogP contribution in [0.5, 0.6) is 11.5 Å². The zero-order valence-corrected chi connectivity index (χ0v) is 16.4. The van der Waals surface area contributed by atoms with Gasteiger partial charge in [0.1, 0.15) is 0 Å². The van der Waals surface area contributed by atoms with Gasteiger partial charge in [-0.05, 0) is 62.8 Å². The summed E-state index contributed by atoms with van der Waals surface area (Å²) in [6.07, 6.45) is 6.82. The second-order valence-corrected chi connectivity index (χ2v) is 7.39. The van der Waals surface area contributed by atoms with Gasteiger partial charge in [0.05, 0.1) is 20.8 Å². The summed E-state index contributed by atoms with van der Waals surface area (Å²) >= 11 is 0. The van der Waals surface area contributed by atoms with Gasteiger partial charge in [-0.25, -0.2) is 0 Å². The third-order valence-electron chi connectivity index (χ3n) is 5.91. The molecule has 5 heteroatoms. The van der Waals surface area contributed by atoms with Crippen molar-refractivity contribution in [1.82, 2.24) is 9.80 Å². The molecule has 3 rings (SSSR count). The van der Waals surface area contributed by atoms with E-state index in [0.717, 1.165) is 56.7 Å². The number of carbonyl (C=O) groups is 1. The molecule has 0 N–H and O–H groups in total. The summed E-state index contributed by atoms with van der Waals surface area (Å²) in [6.45, 7) is 4.62. The predicted molar refractivity (Wildman–Crippen MR) is 103 cm³/mol. The van der Waals surface area contributed by atoms with Gasteiger partial charge in [0.2, 0.25) is 5.91 Å². The highest BCUT2D eigenvalue weighted by molar-refractivity contribution is 5.78. The van der Waals surface area contributed by atoms with Crippen LogP contribution in [0.3, 0.4) is 0 Å². The minimum Gasteiger partial charge on any atom is -0.493 e. The van der Waals surface area contributed by atoms with Crippen LogP contribution in [0.2, 0.25) is 0 Å². The number of ether oxygens (including phenoxy) is 2. The lowest BCUT2D eigenvalue weighted by atomic mass is 9.99. The Kier molecular flexibility index (Phi) is 6.41. The Morgan fingerprint density at radius 1 is 1.08 bits per heavy atom. The Morgan fingerprint density at radius 2 is 1.88 bits per heavy atom. The average molecular weight is 360 g/mol. The molecule has 0 radical (unpaired) electrons. The zero-order chi connectivity index (χ0) is 18.5. The molecule has 144 valence electrons. The summed E-state index contributed by atoms with van der Waals surface area (Å²) in [5, 5.41) is 0. The average Bonchev–Trinajstić information content (AvgIpc) is 3.15. The third kappa shape index (κ3) is 3.98. The third-order valence-corrected chi connectivity index (χ3v) is 5.91. The van der Waals surface area contributed by atoms with Gasteiger partial charge in [-0.1, -0.05) is 13.0 Å². The Labute approximate surface area is 157 Å². The summed E-state index contributed by atoms with van der Waals surface area (Å²) in [5.74, 6) is 1.80. The summed E-state index contributed by atoms with van der Waals surface area (Å²) < 4.78 is 10.8. The lowest BCUT2D eigenvalue weighted by Gasteiger charge is -2.37. The molecule has 5 nitrogen and oxygen atoms in total. The van der Waals surface area contributed by atoms with Gasteiger partial charge >= 0.3 is 0 Å². The molecule has 2 aliphatic rings. The summed E-state index contributed by atoms with van der Waals surface area (Å²) in [6, 6.07) is 6.83. The van der Waals surface area contributed by atoms with E-state index in [-0.39, 0.29) is 6.04 Å². The lowest BCUT2D eigenvalue weighted by Crippen LogP contribution is -2.47. The molecule has 1 aromatic rings. The molecule has 0 saturated carbocycles. The molecule has 2 saturated heterocycles. The van der Waals surface area contributed by atoms with Crippen LogP contribution >= 0.6 is 0 Å². The van der Waals surface area contributed by atoms with Crippen LogP contribution in [0.1, 0.15) is 57.1 Å². The Bertz CT molecular complexity index is 619. The molecule has 2 aliphatic heterocycles. The van der Waals surface area contributed by atoms with Gasteiger partial charge in [0.25, 0.3) is 0 Å². The van der Waals surface area contributed by atoms with Crippen molar-refractivity contribution in [2.75, 3.05) is 33.9 Å². The van der Waals surface area contributed by atoms with Crippen molar-refractivity contribution in [1.29, 1.82) is 0 Å². The highest BCUT2D eigenvalue weighted by Gasteiger charge is 2.32. The summed E-state index contributed by atoms with van der Waals surface area (Å²) in [4.78, 5) is 17.4. The largest absolute Gasteiger partial charge is 0.493 e. The van der Waals surface area contributed by atoms with Gasteiger partial charge in [0.15, 0.2) is 11.5 Å². The molecular formula is C21H32N2O3. The van der Waals surface area contributed by atoms with Crippen molar-refractivity contribution >= 4 is 5.91 Å². The lowest BCUT2D eigenvalue weighted by molar-refractivity contribution is -0.136. The first-order valence-electron chi connectivity index (χ1n) is 9.93. The predicted octanol–water partition coefficient (Wildman–Crippen LogP) is 3.63. The Balaban J connectivity index is 1.71. The van der Waals surface area contributed by atoms with Crippen LogP contribution in [0.4, 0.5) is 0 Å². The summed E-state index contributed by atoms with van der Waals surface area (Å²) in [7, 11) is 3.32. The van der Waals surface area contributed by atoms with E-state index < -0.39 is 0 Å². The molecule has 0 aromatic heterocycles. The number of nitrogens with zero attached hydrogens (tertiary/aromatic N) is 2. The van der Waals surface area contributed by atoms with E-state index in [0.29, 0.717) is 18.5 Å². The van der Waals surface area contributed by atoms with E-state index in [1.165, 1.54) is 12.0 Å². The zero-order valence-electron chi connectivity index (χ0n) is 16.4. The highest BCUT2D eigenvalue weighted by atomic mass is 16.5. The minimum absolute atomic E-state index is 0.281. The Hall–Kier alpha value is -1.75. The quantitative estimate of drug-likeness (QED) is 0.777. The first-order chi connectivity index (χ1) is 12.7. The fraction of sp³-hybridized carbons (Fsp3) is 0.667. The van der Waals surface area contributed by atoms with Gasteiger partial charge in [-0.2, -0.15) is 0 Å². The van der Waals surface area contributed by atoms with Gasteiger partial charge < -0.3 is 14.4 Å². The number of hydrogen-bond donors (Lipinski definition) is 0. The normalized spacial score (nSPS) is 23.9. The van der Waals surface area contributed by atoms with Gasteiger partial charge in [-0.15, -0.1) is 0 Å². The second kappa shape index (κ2) is 8.76. The van der Waals surface area contributed by atoms with E-state index in [1.807, 2.05) is 6.07 Å². The van der Waals surface area contributed by atoms with Crippen molar-refractivity contribution in [2.45, 2.75) is 57.5 Å². The fourth-order valence-corrected chi connectivity index (χ4v) is 4.47. The van der Waals surface area contributed by atoms with Crippen molar-refractivity contribution in [3.63, 3.8) is 0 Å². The van der Waals surface area contributed by atoms with Crippen LogP contribution in [-0.4, -0.2) is 55.6 Å². The maximum Gasteiger partial charge on any atom is 0.237 e. The summed E-state index contributed by atoms with van der Waals surface area (Å²) in [5.41, 5.74) is 1.21. The maximum atomic E-state index is 13.0. The number of rotatable bonds is 6. The highest BCUT2D eigenvalue weighted by Crippen LogP contribution is 2.37. The first kappa shape index (κ1) is 19.0. The number of carbonyl (C=O) groups excluding carboxylic acids is 1. The van der Waals surface area contributed by atoms with Gasteiger partial charge in [-0.3, -0.25) is 9.69 Å². The molecule has 0 bridgehead atoms. The maximum absolute atomic E-state index is 13.0. The molecule has 26 heavy (non-hydrogen) atoms. The van der Waals surface area contributed by atoms with E-state index in [4.69, 9.17) is 9.47 Å². The molecule has 1 amide bonds. The van der Waals surface area contributed by atoms with Crippen LogP contribution in [0.15, 0.2) is 18.2 Å². The van der Waals surface area contributed by atoms with Crippen molar-refractivity contribution in [3.05, 3.63) is 23.8 Å². The molecule has 2 atom stereocenters. The van der Waals surface area contributed by atoms with Gasteiger partial charge in [0, 0.05) is 18.6 Å². The van der Waals surface area contributed by atoms with Crippen LogP contribution < -0.4 is 9.47 Å². The Morgan fingerprint density at radius 3 is 2.62 bits per heavy atom. The smallest absolute Gasteiger partial charge is 0.237 e. The van der Waals surface area contributed by atoms with Crippen LogP contribution in [0.25, 0.3) is 0 Å². The molecule has 1 aromatic carbocycles. The topological polar surface area (TPSA) is 42.0 Å². The van der Waals surface area contributed by atoms with Crippen molar-refractivity contribution in [3.8, 4) is 11.5 Å². The monoisotopic (exact) mass is 360 g/mol. The number of hydrogen-bond acceptors (Lipinski definition) is 4. The van der Waals surface area contributed by atoms with Crippen molar-refractivity contribution in [2.24, 2.45) is 0 Å². The number of benzene rings is 1. The van der Waals surface area contributed by atoms with Crippen LogP contribution in [0, 0.1) is 0 Å². The fourth-order valence-electron chi connectivity index (χ4n) is 4.47. The van der Waals surface area contributed by atoms with E-state index in [9.17, 15) is 4.79 Å². The first-order valence-corrected chi connectivity index (χ1v) is 9.93. The number of methoxy groups -OCH3 is 2. The number of likely N-dealkylation sites (tertiary alicyclic amines) is 2. The van der Waals surface area contributed by atoms with E-state index >= 15 is 0 Å².